The zero-order valence-corrected chi connectivity index (χ0v) is 8.16. The van der Waals surface area contributed by atoms with Gasteiger partial charge in [0.05, 0.1) is 0 Å². The summed E-state index contributed by atoms with van der Waals surface area (Å²) >= 11 is 0. The Hall–Kier alpha value is -1.24. The molecule has 0 unspecified atom stereocenters. The first-order chi connectivity index (χ1) is 6.43. The number of rotatable bonds is 5. The lowest BCUT2D eigenvalue weighted by Gasteiger charge is -1.96. The van der Waals surface area contributed by atoms with E-state index < -0.39 is 0 Å². The Morgan fingerprint density at radius 1 is 1.23 bits per heavy atom. The minimum Gasteiger partial charge on any atom is -0.391 e. The van der Waals surface area contributed by atoms with Crippen LogP contribution >= 0.6 is 0 Å². The number of hydrogen-bond acceptors (Lipinski definition) is 1. The van der Waals surface area contributed by atoms with E-state index in [-0.39, 0.29) is 0 Å². The van der Waals surface area contributed by atoms with E-state index in [4.69, 9.17) is 0 Å². The van der Waals surface area contributed by atoms with Gasteiger partial charge in [-0.25, -0.2) is 0 Å². The first-order valence-corrected chi connectivity index (χ1v) is 4.86. The number of hydrogen-bond donors (Lipinski definition) is 1. The first kappa shape index (κ1) is 9.85. The molecule has 0 atom stereocenters. The standard InChI is InChI=1S/C12H17N/c1-2-13-11-7-6-10-12-8-4-3-5-9-12/h3-5,7-9,11,13H,2,6,10H2,1H3. The van der Waals surface area contributed by atoms with E-state index in [1.54, 1.807) is 0 Å². The van der Waals surface area contributed by atoms with Gasteiger partial charge in [0.15, 0.2) is 0 Å². The zero-order chi connectivity index (χ0) is 9.36. The molecule has 0 heterocycles. The maximum Gasteiger partial charge on any atom is 0.0112 e. The van der Waals surface area contributed by atoms with E-state index in [9.17, 15) is 0 Å². The normalized spacial score (nSPS) is 10.5. The minimum absolute atomic E-state index is 1.00. The van der Waals surface area contributed by atoms with Gasteiger partial charge in [-0.3, -0.25) is 0 Å². The Balaban J connectivity index is 2.20. The number of allylic oxidation sites excluding steroid dienone is 1. The predicted molar refractivity (Wildman–Crippen MR) is 57.6 cm³/mol. The van der Waals surface area contributed by atoms with Crippen LogP contribution in [0.25, 0.3) is 0 Å². The number of benzene rings is 1. The van der Waals surface area contributed by atoms with Gasteiger partial charge in [-0.1, -0.05) is 36.4 Å². The molecule has 0 saturated heterocycles. The second kappa shape index (κ2) is 6.30. The van der Waals surface area contributed by atoms with E-state index in [1.807, 2.05) is 6.20 Å². The van der Waals surface area contributed by atoms with E-state index >= 15 is 0 Å². The fourth-order valence-corrected chi connectivity index (χ4v) is 1.18. The molecule has 13 heavy (non-hydrogen) atoms. The van der Waals surface area contributed by atoms with Crippen molar-refractivity contribution in [3.63, 3.8) is 0 Å². The maximum atomic E-state index is 3.15. The van der Waals surface area contributed by atoms with Crippen LogP contribution in [-0.4, -0.2) is 6.54 Å². The van der Waals surface area contributed by atoms with E-state index in [0.29, 0.717) is 0 Å². The summed E-state index contributed by atoms with van der Waals surface area (Å²) in [6.45, 7) is 3.10. The van der Waals surface area contributed by atoms with Crippen LogP contribution in [0.3, 0.4) is 0 Å². The van der Waals surface area contributed by atoms with Crippen LogP contribution in [0.2, 0.25) is 0 Å². The second-order valence-electron chi connectivity index (χ2n) is 2.98. The molecular formula is C12H17N. The Morgan fingerprint density at radius 3 is 2.69 bits per heavy atom. The molecule has 0 fully saturated rings. The van der Waals surface area contributed by atoms with Gasteiger partial charge in [-0.05, 0) is 31.5 Å². The van der Waals surface area contributed by atoms with Crippen molar-refractivity contribution in [3.8, 4) is 0 Å². The smallest absolute Gasteiger partial charge is 0.0112 e. The van der Waals surface area contributed by atoms with Crippen molar-refractivity contribution in [3.05, 3.63) is 48.2 Å². The molecule has 0 radical (unpaired) electrons. The fraction of sp³-hybridized carbons (Fsp3) is 0.333. The molecule has 1 heteroatoms. The lowest BCUT2D eigenvalue weighted by molar-refractivity contribution is 0.901. The summed E-state index contributed by atoms with van der Waals surface area (Å²) in [4.78, 5) is 0. The summed E-state index contributed by atoms with van der Waals surface area (Å²) in [7, 11) is 0. The first-order valence-electron chi connectivity index (χ1n) is 4.86. The fourth-order valence-electron chi connectivity index (χ4n) is 1.18. The highest BCUT2D eigenvalue weighted by Crippen LogP contribution is 2.02. The summed E-state index contributed by atoms with van der Waals surface area (Å²) in [6.07, 6.45) is 6.44. The molecule has 0 saturated carbocycles. The van der Waals surface area contributed by atoms with Crippen molar-refractivity contribution in [1.82, 2.24) is 5.32 Å². The third-order valence-corrected chi connectivity index (χ3v) is 1.88. The van der Waals surface area contributed by atoms with Crippen molar-refractivity contribution in [2.45, 2.75) is 19.8 Å². The molecule has 0 bridgehead atoms. The van der Waals surface area contributed by atoms with Crippen LogP contribution in [0.5, 0.6) is 0 Å². The lowest BCUT2D eigenvalue weighted by Crippen LogP contribution is -2.01. The van der Waals surface area contributed by atoms with E-state index in [1.165, 1.54) is 5.56 Å². The highest BCUT2D eigenvalue weighted by Gasteiger charge is 1.87. The highest BCUT2D eigenvalue weighted by atomic mass is 14.8. The summed E-state index contributed by atoms with van der Waals surface area (Å²) in [5.74, 6) is 0. The van der Waals surface area contributed by atoms with Crippen LogP contribution in [0.1, 0.15) is 18.9 Å². The molecule has 0 amide bonds. The third kappa shape index (κ3) is 4.36. The Morgan fingerprint density at radius 2 is 2.00 bits per heavy atom. The third-order valence-electron chi connectivity index (χ3n) is 1.88. The SMILES string of the molecule is CCNC=CCCc1ccccc1. The average molecular weight is 175 g/mol. The van der Waals surface area contributed by atoms with Crippen molar-refractivity contribution in [2.75, 3.05) is 6.54 Å². The molecule has 1 rings (SSSR count). The molecule has 1 N–H and O–H groups in total. The van der Waals surface area contributed by atoms with Crippen LogP contribution in [0.4, 0.5) is 0 Å². The molecule has 1 nitrogen and oxygen atoms in total. The van der Waals surface area contributed by atoms with Crippen LogP contribution in [0.15, 0.2) is 42.6 Å². The van der Waals surface area contributed by atoms with Crippen LogP contribution < -0.4 is 5.32 Å². The molecule has 0 aromatic heterocycles. The topological polar surface area (TPSA) is 12.0 Å². The van der Waals surface area contributed by atoms with Gasteiger partial charge in [0, 0.05) is 6.54 Å². The maximum absolute atomic E-state index is 3.15. The molecule has 0 aliphatic rings. The van der Waals surface area contributed by atoms with Gasteiger partial charge in [0.2, 0.25) is 0 Å². The summed E-state index contributed by atoms with van der Waals surface area (Å²) in [5.41, 5.74) is 1.41. The quantitative estimate of drug-likeness (QED) is 0.725. The van der Waals surface area contributed by atoms with Crippen LogP contribution in [0, 0.1) is 0 Å². The van der Waals surface area contributed by atoms with Gasteiger partial charge in [0.25, 0.3) is 0 Å². The predicted octanol–water partition coefficient (Wildman–Crippen LogP) is 2.74. The van der Waals surface area contributed by atoms with Crippen molar-refractivity contribution in [1.29, 1.82) is 0 Å². The van der Waals surface area contributed by atoms with Crippen molar-refractivity contribution >= 4 is 0 Å². The number of nitrogens with one attached hydrogen (secondary N) is 1. The molecule has 0 aliphatic heterocycles. The summed E-state index contributed by atoms with van der Waals surface area (Å²) < 4.78 is 0. The second-order valence-corrected chi connectivity index (χ2v) is 2.98. The Kier molecular flexibility index (Phi) is 4.77. The average Bonchev–Trinajstić information content (AvgIpc) is 2.19. The molecule has 0 spiro atoms. The molecule has 0 aliphatic carbocycles. The highest BCUT2D eigenvalue weighted by molar-refractivity contribution is 5.15. The minimum atomic E-state index is 1.00. The Labute approximate surface area is 80.5 Å². The van der Waals surface area contributed by atoms with Crippen LogP contribution in [-0.2, 0) is 6.42 Å². The van der Waals surface area contributed by atoms with Gasteiger partial charge < -0.3 is 5.32 Å². The Bertz CT molecular complexity index is 239. The monoisotopic (exact) mass is 175 g/mol. The zero-order valence-electron chi connectivity index (χ0n) is 8.16. The van der Waals surface area contributed by atoms with E-state index in [2.05, 4.69) is 48.6 Å². The summed E-state index contributed by atoms with van der Waals surface area (Å²) in [6, 6.07) is 10.6. The molecule has 1 aromatic carbocycles. The molecule has 70 valence electrons. The largest absolute Gasteiger partial charge is 0.391 e. The van der Waals surface area contributed by atoms with Crippen molar-refractivity contribution < 1.29 is 0 Å². The van der Waals surface area contributed by atoms with Crippen molar-refractivity contribution in [2.24, 2.45) is 0 Å². The van der Waals surface area contributed by atoms with Gasteiger partial charge in [0.1, 0.15) is 0 Å². The van der Waals surface area contributed by atoms with Gasteiger partial charge in [-0.2, -0.15) is 0 Å². The molecule has 1 aromatic rings. The van der Waals surface area contributed by atoms with E-state index in [0.717, 1.165) is 19.4 Å². The van der Waals surface area contributed by atoms with Gasteiger partial charge in [-0.15, -0.1) is 0 Å². The molecular weight excluding hydrogens is 158 g/mol. The lowest BCUT2D eigenvalue weighted by atomic mass is 10.1. The number of aryl methyl sites for hydroxylation is 1. The van der Waals surface area contributed by atoms with Gasteiger partial charge >= 0.3 is 0 Å². The summed E-state index contributed by atoms with van der Waals surface area (Å²) in [5, 5.41) is 3.15.